The lowest BCUT2D eigenvalue weighted by molar-refractivity contribution is 0.212. The molecule has 0 saturated heterocycles. The van der Waals surface area contributed by atoms with Crippen LogP contribution >= 0.6 is 0 Å². The molecule has 0 aliphatic carbocycles. The Morgan fingerprint density at radius 2 is 1.54 bits per heavy atom. The highest BCUT2D eigenvalue weighted by Gasteiger charge is 2.02. The second-order valence-electron chi connectivity index (χ2n) is 3.40. The van der Waals surface area contributed by atoms with Gasteiger partial charge in [0.15, 0.2) is 0 Å². The number of hydrogen-bond donors (Lipinski definition) is 0. The zero-order valence-electron chi connectivity index (χ0n) is 9.01. The summed E-state index contributed by atoms with van der Waals surface area (Å²) >= 11 is 0. The fraction of sp³-hybridized carbons (Fsp3) is 1.00. The monoisotopic (exact) mass is 200 g/mol. The second kappa shape index (κ2) is 10.2. The number of unbranched alkanes of at least 4 members (excludes halogenated alkanes) is 2. The molecule has 0 aromatic carbocycles. The minimum Gasteiger partial charge on any atom is -0.417 e. The Morgan fingerprint density at radius 3 is 1.92 bits per heavy atom. The summed E-state index contributed by atoms with van der Waals surface area (Å²) in [6.07, 6.45) is 5.14. The molecule has 3 radical (unpaired) electrons. The second-order valence-corrected chi connectivity index (χ2v) is 3.69. The average Bonchev–Trinajstić information content (AvgIpc) is 2.17. The highest BCUT2D eigenvalue weighted by molar-refractivity contribution is 5.97. The van der Waals surface area contributed by atoms with Gasteiger partial charge in [0, 0.05) is 13.2 Å². The maximum atomic E-state index is 4.90. The smallest absolute Gasteiger partial charge is 0.246 e. The summed E-state index contributed by atoms with van der Waals surface area (Å²) in [5.41, 5.74) is 0. The van der Waals surface area contributed by atoms with Crippen LogP contribution in [0.3, 0.4) is 0 Å². The van der Waals surface area contributed by atoms with E-state index in [0.29, 0.717) is 0 Å². The largest absolute Gasteiger partial charge is 0.417 e. The highest BCUT2D eigenvalue weighted by Crippen LogP contribution is 1.98. The minimum absolute atomic E-state index is 0.782. The van der Waals surface area contributed by atoms with Gasteiger partial charge in [-0.25, -0.2) is 0 Å². The molecule has 0 aliphatic heterocycles. The molecule has 0 aliphatic rings. The summed E-state index contributed by atoms with van der Waals surface area (Å²) in [5.74, 6) is 0. The number of hydrogen-bond acceptors (Lipinski definition) is 2. The van der Waals surface area contributed by atoms with Crippen molar-refractivity contribution in [2.45, 2.75) is 39.5 Å². The quantitative estimate of drug-likeness (QED) is 0.528. The summed E-state index contributed by atoms with van der Waals surface area (Å²) in [7, 11) is 3.03. The molecule has 0 N–H and O–H groups in total. The first-order valence-corrected chi connectivity index (χ1v) is 5.76. The fourth-order valence-corrected chi connectivity index (χ4v) is 1.36. The molecule has 0 rings (SSSR count). The molecule has 13 heavy (non-hydrogen) atoms. The van der Waals surface area contributed by atoms with E-state index in [1.807, 2.05) is 0 Å². The third-order valence-corrected chi connectivity index (χ3v) is 2.37. The van der Waals surface area contributed by atoms with Crippen LogP contribution in [0, 0.1) is 0 Å². The first kappa shape index (κ1) is 13.1. The Labute approximate surface area is 86.2 Å². The molecule has 0 fully saturated rings. The van der Waals surface area contributed by atoms with Crippen LogP contribution in [0.5, 0.6) is 0 Å². The first-order valence-electron chi connectivity index (χ1n) is 5.36. The third kappa shape index (κ3) is 8.47. The van der Waals surface area contributed by atoms with E-state index in [0.717, 1.165) is 13.2 Å². The molecule has 0 heterocycles. The standard InChI is InChI=1S/C10H22NOSi/c1-3-5-7-11(8-6-4-2)9-10-12-13/h3-10H2,1-2H3. The van der Waals surface area contributed by atoms with E-state index in [1.54, 1.807) is 0 Å². The van der Waals surface area contributed by atoms with Gasteiger partial charge in [-0.2, -0.15) is 0 Å². The molecule has 0 unspecified atom stereocenters. The van der Waals surface area contributed by atoms with Gasteiger partial charge in [0.25, 0.3) is 0 Å². The van der Waals surface area contributed by atoms with E-state index in [1.165, 1.54) is 38.8 Å². The normalized spacial score (nSPS) is 11.1. The molecule has 3 heteroatoms. The number of nitrogens with zero attached hydrogens (tertiary/aromatic N) is 1. The lowest BCUT2D eigenvalue weighted by atomic mass is 10.2. The van der Waals surface area contributed by atoms with Gasteiger partial charge in [0.1, 0.15) is 0 Å². The van der Waals surface area contributed by atoms with Crippen LogP contribution in [0.25, 0.3) is 0 Å². The molecule has 0 amide bonds. The maximum absolute atomic E-state index is 4.90. The van der Waals surface area contributed by atoms with Gasteiger partial charge in [-0.3, -0.25) is 0 Å². The van der Waals surface area contributed by atoms with Crippen molar-refractivity contribution in [1.82, 2.24) is 4.90 Å². The third-order valence-electron chi connectivity index (χ3n) is 2.17. The topological polar surface area (TPSA) is 12.5 Å². The van der Waals surface area contributed by atoms with Crippen LogP contribution in [0.15, 0.2) is 0 Å². The van der Waals surface area contributed by atoms with Crippen molar-refractivity contribution >= 4 is 10.5 Å². The van der Waals surface area contributed by atoms with Crippen molar-refractivity contribution in [2.75, 3.05) is 26.2 Å². The summed E-state index contributed by atoms with van der Waals surface area (Å²) in [5, 5.41) is 0. The summed E-state index contributed by atoms with van der Waals surface area (Å²) < 4.78 is 4.90. The maximum Gasteiger partial charge on any atom is 0.246 e. The Kier molecular flexibility index (Phi) is 10.3. The minimum atomic E-state index is 0.782. The van der Waals surface area contributed by atoms with Crippen LogP contribution in [-0.2, 0) is 4.43 Å². The van der Waals surface area contributed by atoms with Crippen molar-refractivity contribution in [2.24, 2.45) is 0 Å². The molecule has 0 aromatic heterocycles. The fourth-order valence-electron chi connectivity index (χ4n) is 1.27. The Hall–Kier alpha value is 0.137. The molecule has 77 valence electrons. The van der Waals surface area contributed by atoms with Gasteiger partial charge < -0.3 is 9.33 Å². The van der Waals surface area contributed by atoms with Crippen molar-refractivity contribution in [1.29, 1.82) is 0 Å². The predicted molar refractivity (Wildman–Crippen MR) is 58.0 cm³/mol. The van der Waals surface area contributed by atoms with Crippen molar-refractivity contribution in [3.63, 3.8) is 0 Å². The summed E-state index contributed by atoms with van der Waals surface area (Å²) in [4.78, 5) is 2.48. The van der Waals surface area contributed by atoms with Gasteiger partial charge in [0.2, 0.25) is 10.5 Å². The van der Waals surface area contributed by atoms with Crippen molar-refractivity contribution in [3.8, 4) is 0 Å². The predicted octanol–water partition coefficient (Wildman–Crippen LogP) is 1.99. The zero-order chi connectivity index (χ0) is 9.94. The molecule has 0 aromatic rings. The van der Waals surface area contributed by atoms with E-state index in [2.05, 4.69) is 29.2 Å². The Balaban J connectivity index is 3.47. The summed E-state index contributed by atoms with van der Waals surface area (Å²) in [6, 6.07) is 0. The van der Waals surface area contributed by atoms with Gasteiger partial charge in [-0.1, -0.05) is 26.7 Å². The van der Waals surface area contributed by atoms with Gasteiger partial charge in [-0.15, -0.1) is 0 Å². The Bertz CT molecular complexity index is 81.9. The molecule has 0 saturated carbocycles. The van der Waals surface area contributed by atoms with Gasteiger partial charge >= 0.3 is 0 Å². The van der Waals surface area contributed by atoms with Crippen molar-refractivity contribution in [3.05, 3.63) is 0 Å². The van der Waals surface area contributed by atoms with E-state index in [9.17, 15) is 0 Å². The van der Waals surface area contributed by atoms with Crippen LogP contribution in [-0.4, -0.2) is 41.6 Å². The summed E-state index contributed by atoms with van der Waals surface area (Å²) in [6.45, 7) is 8.73. The van der Waals surface area contributed by atoms with Crippen LogP contribution in [0.1, 0.15) is 39.5 Å². The highest BCUT2D eigenvalue weighted by atomic mass is 28.2. The molecular weight excluding hydrogens is 178 g/mol. The zero-order valence-corrected chi connectivity index (χ0v) is 10.0. The van der Waals surface area contributed by atoms with Crippen LogP contribution in [0.4, 0.5) is 0 Å². The SMILES string of the molecule is CCCCN(CCCC)CCO[Si]. The lowest BCUT2D eigenvalue weighted by Crippen LogP contribution is -2.29. The van der Waals surface area contributed by atoms with E-state index < -0.39 is 0 Å². The molecule has 0 atom stereocenters. The van der Waals surface area contributed by atoms with Crippen molar-refractivity contribution < 1.29 is 4.43 Å². The number of rotatable bonds is 9. The van der Waals surface area contributed by atoms with Crippen LogP contribution in [0.2, 0.25) is 0 Å². The molecule has 0 spiro atoms. The van der Waals surface area contributed by atoms with E-state index >= 15 is 0 Å². The first-order chi connectivity index (χ1) is 6.35. The Morgan fingerprint density at radius 1 is 1.00 bits per heavy atom. The average molecular weight is 200 g/mol. The van der Waals surface area contributed by atoms with Gasteiger partial charge in [0.05, 0.1) is 0 Å². The van der Waals surface area contributed by atoms with Crippen LogP contribution < -0.4 is 0 Å². The van der Waals surface area contributed by atoms with Gasteiger partial charge in [-0.05, 0) is 25.9 Å². The van der Waals surface area contributed by atoms with E-state index in [-0.39, 0.29) is 0 Å². The van der Waals surface area contributed by atoms with E-state index in [4.69, 9.17) is 4.43 Å². The molecule has 2 nitrogen and oxygen atoms in total. The lowest BCUT2D eigenvalue weighted by Gasteiger charge is -2.21. The molecule has 0 bridgehead atoms. The molecular formula is C10H22NOSi.